The monoisotopic (exact) mass is 257 g/mol. The van der Waals surface area contributed by atoms with Crippen LogP contribution in [-0.2, 0) is 0 Å². The van der Waals surface area contributed by atoms with Gasteiger partial charge in [-0.05, 0) is 12.2 Å². The van der Waals surface area contributed by atoms with Gasteiger partial charge in [0, 0.05) is 30.8 Å². The number of hydrogen-bond donors (Lipinski definition) is 1. The third kappa shape index (κ3) is 2.06. The molecule has 86 valence electrons. The average Bonchev–Trinajstić information content (AvgIpc) is 2.34. The zero-order valence-electron chi connectivity index (χ0n) is 8.64. The lowest BCUT2D eigenvalue weighted by molar-refractivity contribution is -0.134. The molecular weight excluding hydrogens is 246 g/mol. The summed E-state index contributed by atoms with van der Waals surface area (Å²) in [4.78, 5) is 1.96. The van der Waals surface area contributed by atoms with Gasteiger partial charge in [-0.3, -0.25) is 10.1 Å². The Labute approximate surface area is 104 Å². The minimum atomic E-state index is -1.11. The molecule has 1 atom stereocenters. The van der Waals surface area contributed by atoms with Crippen molar-refractivity contribution in [2.45, 2.75) is 5.12 Å². The second-order valence-corrected chi connectivity index (χ2v) is 5.39. The Balaban J connectivity index is 2.24. The highest BCUT2D eigenvalue weighted by molar-refractivity contribution is 7.99. The highest BCUT2D eigenvalue weighted by Crippen LogP contribution is 2.32. The van der Waals surface area contributed by atoms with Gasteiger partial charge in [-0.1, -0.05) is 11.6 Å². The summed E-state index contributed by atoms with van der Waals surface area (Å²) in [5.74, 6) is 1.98. The maximum absolute atomic E-state index is 9.81. The van der Waals surface area contributed by atoms with E-state index in [2.05, 4.69) is 0 Å². The summed E-state index contributed by atoms with van der Waals surface area (Å²) in [6.07, 6.45) is 4.55. The highest BCUT2D eigenvalue weighted by Gasteiger charge is 2.39. The molecule has 0 saturated carbocycles. The van der Waals surface area contributed by atoms with Gasteiger partial charge >= 0.3 is 0 Å². The number of hydrogen-bond acceptors (Lipinski definition) is 5. The van der Waals surface area contributed by atoms with Crippen LogP contribution < -0.4 is 0 Å². The number of hydroxylamine groups is 2. The van der Waals surface area contributed by atoms with Gasteiger partial charge in [0.05, 0.1) is 11.6 Å². The van der Waals surface area contributed by atoms with Gasteiger partial charge < -0.3 is 0 Å². The van der Waals surface area contributed by atoms with Crippen molar-refractivity contribution in [3.05, 3.63) is 23.9 Å². The fourth-order valence-electron chi connectivity index (χ4n) is 1.75. The number of nitriles is 1. The average molecular weight is 258 g/mol. The maximum Gasteiger partial charge on any atom is 0.214 e. The second-order valence-electron chi connectivity index (χ2n) is 3.61. The van der Waals surface area contributed by atoms with E-state index in [1.54, 1.807) is 12.2 Å². The number of rotatable bonds is 1. The molecule has 0 aromatic heterocycles. The van der Waals surface area contributed by atoms with E-state index in [4.69, 9.17) is 16.9 Å². The van der Waals surface area contributed by atoms with E-state index in [0.29, 0.717) is 5.57 Å². The van der Waals surface area contributed by atoms with E-state index < -0.39 is 5.12 Å². The molecule has 0 radical (unpaired) electrons. The summed E-state index contributed by atoms with van der Waals surface area (Å²) in [6, 6.07) is 2.04. The predicted molar refractivity (Wildman–Crippen MR) is 63.9 cm³/mol. The first-order valence-corrected chi connectivity index (χ1v) is 6.51. The fraction of sp³-hybridized carbons (Fsp3) is 0.500. The molecule has 1 N–H and O–H groups in total. The molecule has 16 heavy (non-hydrogen) atoms. The van der Waals surface area contributed by atoms with E-state index in [9.17, 15) is 5.21 Å². The number of halogens is 1. The lowest BCUT2D eigenvalue weighted by atomic mass is 10.1. The molecule has 0 aromatic carbocycles. The minimum absolute atomic E-state index is 0.471. The molecule has 6 heteroatoms. The largest absolute Gasteiger partial charge is 0.286 e. The smallest absolute Gasteiger partial charge is 0.214 e. The first kappa shape index (κ1) is 11.8. The summed E-state index contributed by atoms with van der Waals surface area (Å²) >= 11 is 8.26. The number of thioether (sulfide) groups is 1. The van der Waals surface area contributed by atoms with Crippen LogP contribution in [-0.4, -0.2) is 44.9 Å². The SMILES string of the molecule is N#CC1=CC(Cl)(N2CCSCC2)N(O)C=C1. The van der Waals surface area contributed by atoms with Crippen molar-refractivity contribution in [2.75, 3.05) is 24.6 Å². The van der Waals surface area contributed by atoms with E-state index in [1.807, 2.05) is 22.7 Å². The van der Waals surface area contributed by atoms with Crippen LogP contribution in [0.25, 0.3) is 0 Å². The molecule has 0 spiro atoms. The molecule has 1 saturated heterocycles. The third-order valence-corrected chi connectivity index (χ3v) is 4.10. The molecule has 1 unspecified atom stereocenters. The molecular formula is C10H12ClN3OS. The van der Waals surface area contributed by atoms with E-state index in [0.717, 1.165) is 29.7 Å². The highest BCUT2D eigenvalue weighted by atomic mass is 35.5. The Bertz CT molecular complexity index is 373. The molecule has 0 aromatic rings. The van der Waals surface area contributed by atoms with Crippen LogP contribution in [0, 0.1) is 11.3 Å². The molecule has 2 aliphatic heterocycles. The molecule has 0 aliphatic carbocycles. The Morgan fingerprint density at radius 3 is 2.81 bits per heavy atom. The Hall–Kier alpha value is -0.670. The van der Waals surface area contributed by atoms with Crippen molar-refractivity contribution in [3.63, 3.8) is 0 Å². The zero-order valence-corrected chi connectivity index (χ0v) is 10.2. The number of alkyl halides is 1. The van der Waals surface area contributed by atoms with Crippen molar-refractivity contribution >= 4 is 23.4 Å². The van der Waals surface area contributed by atoms with Crippen LogP contribution in [0.5, 0.6) is 0 Å². The molecule has 2 aliphatic rings. The number of nitrogens with zero attached hydrogens (tertiary/aromatic N) is 3. The van der Waals surface area contributed by atoms with Crippen LogP contribution in [0.3, 0.4) is 0 Å². The predicted octanol–water partition coefficient (Wildman–Crippen LogP) is 1.60. The normalized spacial score (nSPS) is 31.1. The lowest BCUT2D eigenvalue weighted by Crippen LogP contribution is -2.56. The molecule has 0 amide bonds. The molecule has 4 nitrogen and oxygen atoms in total. The van der Waals surface area contributed by atoms with Crippen LogP contribution in [0.1, 0.15) is 0 Å². The van der Waals surface area contributed by atoms with Crippen molar-refractivity contribution in [3.8, 4) is 6.07 Å². The van der Waals surface area contributed by atoms with E-state index in [1.165, 1.54) is 6.20 Å². The quantitative estimate of drug-likeness (QED) is 0.571. The van der Waals surface area contributed by atoms with Crippen LogP contribution in [0.15, 0.2) is 23.9 Å². The third-order valence-electron chi connectivity index (χ3n) is 2.64. The first-order chi connectivity index (χ1) is 7.66. The van der Waals surface area contributed by atoms with Crippen molar-refractivity contribution in [1.82, 2.24) is 9.96 Å². The van der Waals surface area contributed by atoms with Gasteiger partial charge in [-0.2, -0.15) is 17.0 Å². The summed E-state index contributed by atoms with van der Waals surface area (Å²) in [5, 5.41) is 18.5. The molecule has 0 bridgehead atoms. The lowest BCUT2D eigenvalue weighted by Gasteiger charge is -2.43. The number of allylic oxidation sites excluding steroid dienone is 2. The molecule has 2 heterocycles. The van der Waals surface area contributed by atoms with E-state index in [-0.39, 0.29) is 0 Å². The van der Waals surface area contributed by atoms with Crippen molar-refractivity contribution < 1.29 is 5.21 Å². The maximum atomic E-state index is 9.81. The summed E-state index contributed by atoms with van der Waals surface area (Å²) in [7, 11) is 0. The summed E-state index contributed by atoms with van der Waals surface area (Å²) < 4.78 is 0. The fourth-order valence-corrected chi connectivity index (χ4v) is 3.00. The van der Waals surface area contributed by atoms with Crippen molar-refractivity contribution in [1.29, 1.82) is 5.26 Å². The van der Waals surface area contributed by atoms with Gasteiger partial charge in [-0.15, -0.1) is 0 Å². The van der Waals surface area contributed by atoms with Crippen LogP contribution >= 0.6 is 23.4 Å². The Morgan fingerprint density at radius 2 is 2.19 bits per heavy atom. The van der Waals surface area contributed by atoms with Crippen LogP contribution in [0.4, 0.5) is 0 Å². The van der Waals surface area contributed by atoms with Gasteiger partial charge in [0.15, 0.2) is 0 Å². The first-order valence-electron chi connectivity index (χ1n) is 4.98. The van der Waals surface area contributed by atoms with Gasteiger partial charge in [0.25, 0.3) is 0 Å². The van der Waals surface area contributed by atoms with E-state index >= 15 is 0 Å². The molecule has 1 fully saturated rings. The van der Waals surface area contributed by atoms with Crippen molar-refractivity contribution in [2.24, 2.45) is 0 Å². The van der Waals surface area contributed by atoms with Gasteiger partial charge in [-0.25, -0.2) is 5.06 Å². The zero-order chi connectivity index (χ0) is 11.6. The van der Waals surface area contributed by atoms with Crippen LogP contribution in [0.2, 0.25) is 0 Å². The van der Waals surface area contributed by atoms with Gasteiger partial charge in [0.1, 0.15) is 0 Å². The Kier molecular flexibility index (Phi) is 3.45. The van der Waals surface area contributed by atoms with Gasteiger partial charge in [0.2, 0.25) is 5.12 Å². The summed E-state index contributed by atoms with van der Waals surface area (Å²) in [5.41, 5.74) is 0.471. The second kappa shape index (κ2) is 4.68. The topological polar surface area (TPSA) is 50.5 Å². The summed E-state index contributed by atoms with van der Waals surface area (Å²) in [6.45, 7) is 1.60. The molecule has 2 rings (SSSR count). The standard InChI is InChI=1S/C10H12ClN3OS/c11-10(13-3-5-16-6-4-13)7-9(8-12)1-2-14(10)15/h1-2,7,15H,3-6H2. The minimum Gasteiger partial charge on any atom is -0.286 e. The Morgan fingerprint density at radius 1 is 1.50 bits per heavy atom.